The third kappa shape index (κ3) is 7.81. The van der Waals surface area contributed by atoms with Crippen molar-refractivity contribution in [2.24, 2.45) is 5.41 Å². The van der Waals surface area contributed by atoms with Crippen LogP contribution in [-0.4, -0.2) is 22.6 Å². The molecule has 0 N–H and O–H groups in total. The maximum atomic E-state index is 4.83. The number of aromatic nitrogens is 2. The van der Waals surface area contributed by atoms with Crippen LogP contribution in [0.15, 0.2) is 12.3 Å². The Morgan fingerprint density at radius 3 is 2.48 bits per heavy atom. The minimum absolute atomic E-state index is 0.336. The normalized spacial score (nSPS) is 13.1. The van der Waals surface area contributed by atoms with Crippen molar-refractivity contribution in [1.29, 1.82) is 0 Å². The summed E-state index contributed by atoms with van der Waals surface area (Å²) in [5, 5.41) is 0. The molecule has 0 spiro atoms. The van der Waals surface area contributed by atoms with Gasteiger partial charge in [-0.1, -0.05) is 60.3 Å². The van der Waals surface area contributed by atoms with Gasteiger partial charge in [0.05, 0.1) is 0 Å². The van der Waals surface area contributed by atoms with Crippen molar-refractivity contribution < 1.29 is 0 Å². The number of unbranched alkanes of at least 4 members (excludes halogenated alkanes) is 2. The van der Waals surface area contributed by atoms with E-state index >= 15 is 0 Å². The van der Waals surface area contributed by atoms with Crippen molar-refractivity contribution in [3.8, 4) is 0 Å². The Bertz CT molecular complexity index is 437. The van der Waals surface area contributed by atoms with Crippen molar-refractivity contribution in [3.63, 3.8) is 0 Å². The van der Waals surface area contributed by atoms with E-state index in [0.717, 1.165) is 31.8 Å². The van der Waals surface area contributed by atoms with Crippen molar-refractivity contribution >= 4 is 5.95 Å². The fraction of sp³-hybridized carbons (Fsp3) is 0.800. The first-order chi connectivity index (χ1) is 10.9. The summed E-state index contributed by atoms with van der Waals surface area (Å²) in [6.45, 7) is 14.7. The van der Waals surface area contributed by atoms with E-state index < -0.39 is 0 Å². The zero-order valence-electron chi connectivity index (χ0n) is 16.2. The highest BCUT2D eigenvalue weighted by molar-refractivity contribution is 5.32. The van der Waals surface area contributed by atoms with E-state index in [9.17, 15) is 0 Å². The van der Waals surface area contributed by atoms with E-state index in [1.807, 2.05) is 6.20 Å². The lowest BCUT2D eigenvalue weighted by molar-refractivity contribution is 0.368. The quantitative estimate of drug-likeness (QED) is 0.522. The average molecular weight is 320 g/mol. The number of aryl methyl sites for hydroxylation is 1. The Labute approximate surface area is 143 Å². The lowest BCUT2D eigenvalue weighted by atomic mass is 9.92. The first kappa shape index (κ1) is 19.9. The van der Waals surface area contributed by atoms with Crippen LogP contribution in [0.3, 0.4) is 0 Å². The van der Waals surface area contributed by atoms with Gasteiger partial charge in [0, 0.05) is 24.5 Å². The summed E-state index contributed by atoms with van der Waals surface area (Å²) in [6.07, 6.45) is 10.4. The molecule has 0 bridgehead atoms. The molecule has 3 nitrogen and oxygen atoms in total. The molecule has 0 aliphatic rings. The van der Waals surface area contributed by atoms with Gasteiger partial charge < -0.3 is 4.90 Å². The van der Waals surface area contributed by atoms with Gasteiger partial charge >= 0.3 is 0 Å². The summed E-state index contributed by atoms with van der Waals surface area (Å²) in [5.74, 6) is 0.921. The molecule has 0 aliphatic carbocycles. The molecule has 0 amide bonds. The topological polar surface area (TPSA) is 29.0 Å². The van der Waals surface area contributed by atoms with Gasteiger partial charge in [0.2, 0.25) is 5.95 Å². The molecule has 0 aromatic carbocycles. The molecule has 0 saturated heterocycles. The van der Waals surface area contributed by atoms with Crippen LogP contribution in [0.2, 0.25) is 0 Å². The summed E-state index contributed by atoms with van der Waals surface area (Å²) in [5.41, 5.74) is 1.50. The first-order valence-corrected chi connectivity index (χ1v) is 9.46. The summed E-state index contributed by atoms with van der Waals surface area (Å²) in [6, 6.07) is 2.55. The van der Waals surface area contributed by atoms with Crippen LogP contribution in [0.4, 0.5) is 5.95 Å². The Hall–Kier alpha value is -1.12. The highest BCUT2D eigenvalue weighted by Crippen LogP contribution is 2.23. The molecule has 0 saturated carbocycles. The predicted molar refractivity (Wildman–Crippen MR) is 101 cm³/mol. The molecule has 132 valence electrons. The van der Waals surface area contributed by atoms with Crippen LogP contribution in [0, 0.1) is 5.41 Å². The summed E-state index contributed by atoms with van der Waals surface area (Å²) in [7, 11) is 0. The van der Waals surface area contributed by atoms with Crippen molar-refractivity contribution in [2.75, 3.05) is 11.4 Å². The van der Waals surface area contributed by atoms with Crippen LogP contribution < -0.4 is 4.90 Å². The molecule has 1 heterocycles. The molecule has 1 rings (SSSR count). The third-order valence-electron chi connectivity index (χ3n) is 4.32. The fourth-order valence-corrected chi connectivity index (χ4v) is 2.74. The Morgan fingerprint density at radius 1 is 1.13 bits per heavy atom. The third-order valence-corrected chi connectivity index (χ3v) is 4.32. The molecule has 1 aromatic heterocycles. The monoisotopic (exact) mass is 319 g/mol. The van der Waals surface area contributed by atoms with Gasteiger partial charge in [0.25, 0.3) is 0 Å². The molecule has 3 heteroatoms. The highest BCUT2D eigenvalue weighted by Gasteiger charge is 2.20. The van der Waals surface area contributed by atoms with E-state index in [4.69, 9.17) is 4.98 Å². The second-order valence-corrected chi connectivity index (χ2v) is 7.95. The van der Waals surface area contributed by atoms with Gasteiger partial charge in [0.1, 0.15) is 0 Å². The van der Waals surface area contributed by atoms with Crippen LogP contribution in [-0.2, 0) is 6.42 Å². The molecular weight excluding hydrogens is 282 g/mol. The molecule has 0 radical (unpaired) electrons. The van der Waals surface area contributed by atoms with E-state index in [1.165, 1.54) is 31.4 Å². The maximum absolute atomic E-state index is 4.83. The van der Waals surface area contributed by atoms with Crippen LogP contribution >= 0.6 is 0 Å². The number of hydrogen-bond acceptors (Lipinski definition) is 3. The second-order valence-electron chi connectivity index (χ2n) is 7.95. The summed E-state index contributed by atoms with van der Waals surface area (Å²) >= 11 is 0. The zero-order valence-corrected chi connectivity index (χ0v) is 16.2. The number of hydrogen-bond donors (Lipinski definition) is 0. The predicted octanol–water partition coefficient (Wildman–Crippen LogP) is 5.64. The Kier molecular flexibility index (Phi) is 8.57. The van der Waals surface area contributed by atoms with Gasteiger partial charge in [-0.3, -0.25) is 0 Å². The zero-order chi connectivity index (χ0) is 17.3. The molecule has 0 aliphatic heterocycles. The molecule has 1 aromatic rings. The van der Waals surface area contributed by atoms with Crippen LogP contribution in [0.1, 0.15) is 85.8 Å². The number of anilines is 1. The first-order valence-electron chi connectivity index (χ1n) is 9.46. The maximum Gasteiger partial charge on any atom is 0.225 e. The molecule has 1 unspecified atom stereocenters. The largest absolute Gasteiger partial charge is 0.338 e. The number of nitrogens with zero attached hydrogens (tertiary/aromatic N) is 3. The average Bonchev–Trinajstić information content (AvgIpc) is 2.47. The number of rotatable bonds is 10. The van der Waals surface area contributed by atoms with Gasteiger partial charge in [-0.05, 0) is 37.7 Å². The molecular formula is C20H37N3. The van der Waals surface area contributed by atoms with Crippen molar-refractivity contribution in [2.45, 2.75) is 92.5 Å². The lowest BCUT2D eigenvalue weighted by Crippen LogP contribution is -2.37. The Morgan fingerprint density at radius 2 is 1.87 bits per heavy atom. The van der Waals surface area contributed by atoms with Gasteiger partial charge in [-0.15, -0.1) is 0 Å². The van der Waals surface area contributed by atoms with E-state index in [1.54, 1.807) is 0 Å². The van der Waals surface area contributed by atoms with Crippen LogP contribution in [0.5, 0.6) is 0 Å². The molecule has 0 fully saturated rings. The molecule has 1 atom stereocenters. The van der Waals surface area contributed by atoms with Gasteiger partial charge in [0.15, 0.2) is 0 Å². The summed E-state index contributed by atoms with van der Waals surface area (Å²) in [4.78, 5) is 11.8. The standard InChI is InChI=1S/C20H37N3/c1-7-9-10-12-17(3)23(16-14-20(4,5)6)19-21-15-13-18(22-19)11-8-2/h13,15,17H,7-12,14,16H2,1-6H3. The van der Waals surface area contributed by atoms with Crippen molar-refractivity contribution in [3.05, 3.63) is 18.0 Å². The Balaban J connectivity index is 2.86. The van der Waals surface area contributed by atoms with E-state index in [2.05, 4.69) is 57.5 Å². The second kappa shape index (κ2) is 9.89. The lowest BCUT2D eigenvalue weighted by Gasteiger charge is -2.32. The SMILES string of the molecule is CCCCCC(C)N(CCC(C)(C)C)c1nccc(CCC)n1. The van der Waals surface area contributed by atoms with Gasteiger partial charge in [-0.2, -0.15) is 0 Å². The molecule has 23 heavy (non-hydrogen) atoms. The summed E-state index contributed by atoms with van der Waals surface area (Å²) < 4.78 is 0. The van der Waals surface area contributed by atoms with E-state index in [-0.39, 0.29) is 0 Å². The minimum atomic E-state index is 0.336. The van der Waals surface area contributed by atoms with Gasteiger partial charge in [-0.25, -0.2) is 9.97 Å². The minimum Gasteiger partial charge on any atom is -0.338 e. The van der Waals surface area contributed by atoms with E-state index in [0.29, 0.717) is 11.5 Å². The van der Waals surface area contributed by atoms with Crippen molar-refractivity contribution in [1.82, 2.24) is 9.97 Å². The fourth-order valence-electron chi connectivity index (χ4n) is 2.74. The van der Waals surface area contributed by atoms with Crippen LogP contribution in [0.25, 0.3) is 0 Å². The smallest absolute Gasteiger partial charge is 0.225 e. The highest BCUT2D eigenvalue weighted by atomic mass is 15.3.